The second-order valence-electron chi connectivity index (χ2n) is 3.43. The fraction of sp³-hybridized carbons (Fsp3) is 0.0833. The molecular weight excluding hydrogens is 255 g/mol. The lowest BCUT2D eigenvalue weighted by Gasteiger charge is -2.04. The molecule has 0 radical (unpaired) electrons. The van der Waals surface area contributed by atoms with E-state index in [4.69, 9.17) is 14.3 Å². The van der Waals surface area contributed by atoms with E-state index in [0.29, 0.717) is 0 Å². The molecule has 1 heterocycles. The zero-order valence-corrected chi connectivity index (χ0v) is 9.83. The van der Waals surface area contributed by atoms with E-state index >= 15 is 0 Å². The summed E-state index contributed by atoms with van der Waals surface area (Å²) in [5.41, 5.74) is 0.0347. The number of methoxy groups -OCH3 is 1. The Balaban J connectivity index is 2.41. The molecule has 6 nitrogen and oxygen atoms in total. The first kappa shape index (κ1) is 12.7. The van der Waals surface area contributed by atoms with Crippen LogP contribution in [0, 0.1) is 5.82 Å². The summed E-state index contributed by atoms with van der Waals surface area (Å²) in [7, 11) is 1.39. The summed E-state index contributed by atoms with van der Waals surface area (Å²) in [6.45, 7) is 0. The highest BCUT2D eigenvalue weighted by atomic mass is 19.1. The highest BCUT2D eigenvalue weighted by Crippen LogP contribution is 2.31. The molecule has 0 spiro atoms. The third kappa shape index (κ3) is 2.76. The SMILES string of the molecule is COc1cccc(F)c1-c1nnc(/C=C/C(=O)O)o1. The largest absolute Gasteiger partial charge is 0.496 e. The molecule has 19 heavy (non-hydrogen) atoms. The van der Waals surface area contributed by atoms with Crippen molar-refractivity contribution in [2.45, 2.75) is 0 Å². The maximum absolute atomic E-state index is 13.7. The van der Waals surface area contributed by atoms with Crippen molar-refractivity contribution >= 4 is 12.0 Å². The van der Waals surface area contributed by atoms with Gasteiger partial charge in [0.15, 0.2) is 0 Å². The molecule has 0 atom stereocenters. The topological polar surface area (TPSA) is 85.5 Å². The van der Waals surface area contributed by atoms with Gasteiger partial charge in [0.05, 0.1) is 7.11 Å². The standard InChI is InChI=1S/C12H9FN2O4/c1-18-8-4-2-3-7(13)11(8)12-15-14-9(19-12)5-6-10(16)17/h2-6H,1H3,(H,16,17)/b6-5+. The number of carbonyl (C=O) groups is 1. The quantitative estimate of drug-likeness (QED) is 0.850. The van der Waals surface area contributed by atoms with Crippen LogP contribution in [0.3, 0.4) is 0 Å². The van der Waals surface area contributed by atoms with Crippen LogP contribution in [-0.4, -0.2) is 28.4 Å². The molecule has 0 saturated heterocycles. The van der Waals surface area contributed by atoms with E-state index in [2.05, 4.69) is 10.2 Å². The Kier molecular flexibility index (Phi) is 3.56. The van der Waals surface area contributed by atoms with Crippen LogP contribution >= 0.6 is 0 Å². The number of halogens is 1. The number of aliphatic carboxylic acids is 1. The van der Waals surface area contributed by atoms with Gasteiger partial charge in [0.2, 0.25) is 5.89 Å². The van der Waals surface area contributed by atoms with Crippen LogP contribution in [-0.2, 0) is 4.79 Å². The van der Waals surface area contributed by atoms with Gasteiger partial charge in [-0.3, -0.25) is 0 Å². The van der Waals surface area contributed by atoms with Crippen LogP contribution in [0.5, 0.6) is 5.75 Å². The van der Waals surface area contributed by atoms with Gasteiger partial charge >= 0.3 is 5.97 Å². The Morgan fingerprint density at radius 2 is 2.26 bits per heavy atom. The zero-order valence-electron chi connectivity index (χ0n) is 9.83. The van der Waals surface area contributed by atoms with E-state index in [0.717, 1.165) is 12.2 Å². The molecule has 7 heteroatoms. The molecule has 0 saturated carbocycles. The third-order valence-electron chi connectivity index (χ3n) is 2.22. The van der Waals surface area contributed by atoms with Gasteiger partial charge in [-0.1, -0.05) is 6.07 Å². The van der Waals surface area contributed by atoms with Crippen molar-refractivity contribution in [1.29, 1.82) is 0 Å². The first-order valence-electron chi connectivity index (χ1n) is 5.19. The number of carboxylic acids is 1. The van der Waals surface area contributed by atoms with Crippen LogP contribution in [0.25, 0.3) is 17.5 Å². The van der Waals surface area contributed by atoms with Gasteiger partial charge < -0.3 is 14.3 Å². The molecule has 0 aliphatic rings. The minimum atomic E-state index is -1.15. The Bertz CT molecular complexity index is 636. The number of aromatic nitrogens is 2. The van der Waals surface area contributed by atoms with Crippen LogP contribution in [0.2, 0.25) is 0 Å². The Labute approximate surface area is 107 Å². The minimum absolute atomic E-state index is 0.0347. The number of ether oxygens (including phenoxy) is 1. The number of benzene rings is 1. The molecule has 0 bridgehead atoms. The molecular formula is C12H9FN2O4. The fourth-order valence-electron chi connectivity index (χ4n) is 1.43. The molecule has 1 aromatic heterocycles. The van der Waals surface area contributed by atoms with Crippen LogP contribution in [0.15, 0.2) is 28.7 Å². The molecule has 1 N–H and O–H groups in total. The van der Waals surface area contributed by atoms with E-state index in [1.807, 2.05) is 0 Å². The molecule has 0 fully saturated rings. The lowest BCUT2D eigenvalue weighted by Crippen LogP contribution is -1.91. The minimum Gasteiger partial charge on any atom is -0.496 e. The van der Waals surface area contributed by atoms with Gasteiger partial charge in [0.1, 0.15) is 17.1 Å². The smallest absolute Gasteiger partial charge is 0.328 e. The van der Waals surface area contributed by atoms with E-state index < -0.39 is 11.8 Å². The molecule has 0 aliphatic carbocycles. The predicted octanol–water partition coefficient (Wildman–Crippen LogP) is 1.98. The number of hydrogen-bond acceptors (Lipinski definition) is 5. The van der Waals surface area contributed by atoms with Gasteiger partial charge in [-0.05, 0) is 12.1 Å². The van der Waals surface area contributed by atoms with Crippen LogP contribution in [0.1, 0.15) is 5.89 Å². The number of nitrogens with zero attached hydrogens (tertiary/aromatic N) is 2. The highest BCUT2D eigenvalue weighted by Gasteiger charge is 2.17. The Hall–Kier alpha value is -2.70. The summed E-state index contributed by atoms with van der Waals surface area (Å²) < 4.78 is 23.9. The monoisotopic (exact) mass is 264 g/mol. The molecule has 0 amide bonds. The van der Waals surface area contributed by atoms with Crippen molar-refractivity contribution in [2.24, 2.45) is 0 Å². The maximum atomic E-state index is 13.7. The summed E-state index contributed by atoms with van der Waals surface area (Å²) in [5.74, 6) is -1.60. The van der Waals surface area contributed by atoms with E-state index in [-0.39, 0.29) is 23.1 Å². The van der Waals surface area contributed by atoms with Crippen molar-refractivity contribution in [1.82, 2.24) is 10.2 Å². The second-order valence-corrected chi connectivity index (χ2v) is 3.43. The van der Waals surface area contributed by atoms with E-state index in [9.17, 15) is 9.18 Å². The molecule has 0 unspecified atom stereocenters. The Morgan fingerprint density at radius 3 is 2.95 bits per heavy atom. The van der Waals surface area contributed by atoms with Gasteiger partial charge in [-0.15, -0.1) is 10.2 Å². The lowest BCUT2D eigenvalue weighted by atomic mass is 10.2. The van der Waals surface area contributed by atoms with Crippen molar-refractivity contribution in [3.05, 3.63) is 36.0 Å². The van der Waals surface area contributed by atoms with Crippen molar-refractivity contribution in [3.8, 4) is 17.2 Å². The van der Waals surface area contributed by atoms with Crippen LogP contribution in [0.4, 0.5) is 4.39 Å². The lowest BCUT2D eigenvalue weighted by molar-refractivity contribution is -0.131. The normalized spacial score (nSPS) is 10.8. The first-order chi connectivity index (χ1) is 9.11. The summed E-state index contributed by atoms with van der Waals surface area (Å²) >= 11 is 0. The van der Waals surface area contributed by atoms with Crippen molar-refractivity contribution < 1.29 is 23.4 Å². The van der Waals surface area contributed by atoms with Gasteiger partial charge in [-0.25, -0.2) is 9.18 Å². The molecule has 2 aromatic rings. The predicted molar refractivity (Wildman–Crippen MR) is 62.9 cm³/mol. The highest BCUT2D eigenvalue weighted by molar-refractivity contribution is 5.84. The van der Waals surface area contributed by atoms with Gasteiger partial charge in [-0.2, -0.15) is 0 Å². The van der Waals surface area contributed by atoms with Crippen molar-refractivity contribution in [2.75, 3.05) is 7.11 Å². The molecule has 2 rings (SSSR count). The third-order valence-corrected chi connectivity index (χ3v) is 2.22. The van der Waals surface area contributed by atoms with E-state index in [1.54, 1.807) is 6.07 Å². The first-order valence-corrected chi connectivity index (χ1v) is 5.19. The molecule has 98 valence electrons. The van der Waals surface area contributed by atoms with Crippen molar-refractivity contribution in [3.63, 3.8) is 0 Å². The maximum Gasteiger partial charge on any atom is 0.328 e. The average Bonchev–Trinajstić information content (AvgIpc) is 2.84. The number of rotatable bonds is 4. The number of carboxylic acid groups (broad SMARTS) is 1. The Morgan fingerprint density at radius 1 is 1.47 bits per heavy atom. The summed E-state index contributed by atoms with van der Waals surface area (Å²) in [6.07, 6.45) is 1.96. The zero-order chi connectivity index (χ0) is 13.8. The van der Waals surface area contributed by atoms with E-state index in [1.165, 1.54) is 19.2 Å². The molecule has 1 aromatic carbocycles. The summed E-state index contributed by atoms with van der Waals surface area (Å²) in [6, 6.07) is 4.27. The molecule has 0 aliphatic heterocycles. The fourth-order valence-corrected chi connectivity index (χ4v) is 1.43. The van der Waals surface area contributed by atoms with Gasteiger partial charge in [0.25, 0.3) is 5.89 Å². The van der Waals surface area contributed by atoms with Crippen LogP contribution < -0.4 is 4.74 Å². The average molecular weight is 264 g/mol. The summed E-state index contributed by atoms with van der Waals surface area (Å²) in [4.78, 5) is 10.3. The van der Waals surface area contributed by atoms with Gasteiger partial charge in [0, 0.05) is 12.2 Å². The second kappa shape index (κ2) is 5.30. The number of hydrogen-bond donors (Lipinski definition) is 1. The summed E-state index contributed by atoms with van der Waals surface area (Å²) in [5, 5.41) is 15.7.